The predicted molar refractivity (Wildman–Crippen MR) is 86.5 cm³/mol. The zero-order chi connectivity index (χ0) is 16.9. The van der Waals surface area contributed by atoms with Gasteiger partial charge in [-0.05, 0) is 31.2 Å². The highest BCUT2D eigenvalue weighted by atomic mass is 16.5. The number of benzene rings is 2. The fraction of sp³-hybridized carbons (Fsp3) is 0.167. The summed E-state index contributed by atoms with van der Waals surface area (Å²) in [6, 6.07) is 14.8. The summed E-state index contributed by atoms with van der Waals surface area (Å²) in [4.78, 5) is 4.32. The number of ether oxygens (including phenoxy) is 2. The fourth-order valence-electron chi connectivity index (χ4n) is 2.12. The maximum absolute atomic E-state index is 8.91. The molecule has 0 amide bonds. The van der Waals surface area contributed by atoms with Gasteiger partial charge in [0.05, 0.1) is 18.7 Å². The molecular formula is C18H15N3O3. The normalized spacial score (nSPS) is 10.2. The van der Waals surface area contributed by atoms with Crippen LogP contribution >= 0.6 is 0 Å². The number of nitriles is 1. The van der Waals surface area contributed by atoms with Crippen molar-refractivity contribution in [1.82, 2.24) is 10.1 Å². The maximum Gasteiger partial charge on any atom is 0.258 e. The van der Waals surface area contributed by atoms with Gasteiger partial charge in [-0.3, -0.25) is 0 Å². The van der Waals surface area contributed by atoms with Crippen LogP contribution in [0.4, 0.5) is 0 Å². The summed E-state index contributed by atoms with van der Waals surface area (Å²) in [6.07, 6.45) is 0. The third-order valence-corrected chi connectivity index (χ3v) is 3.42. The Morgan fingerprint density at radius 1 is 1.12 bits per heavy atom. The molecule has 120 valence electrons. The highest BCUT2D eigenvalue weighted by Gasteiger charge is 2.11. The minimum atomic E-state index is 0.137. The third kappa shape index (κ3) is 3.36. The van der Waals surface area contributed by atoms with Crippen molar-refractivity contribution in [2.45, 2.75) is 13.5 Å². The van der Waals surface area contributed by atoms with Crippen molar-refractivity contribution in [3.05, 3.63) is 59.4 Å². The van der Waals surface area contributed by atoms with Crippen LogP contribution in [0.2, 0.25) is 0 Å². The summed E-state index contributed by atoms with van der Waals surface area (Å²) in [5, 5.41) is 12.8. The summed E-state index contributed by atoms with van der Waals surface area (Å²) in [5.74, 6) is 1.87. The van der Waals surface area contributed by atoms with Gasteiger partial charge < -0.3 is 14.0 Å². The molecule has 0 N–H and O–H groups in total. The second-order valence-electron chi connectivity index (χ2n) is 5.15. The lowest BCUT2D eigenvalue weighted by molar-refractivity contribution is 0.270. The van der Waals surface area contributed by atoms with Gasteiger partial charge in [0.2, 0.25) is 5.82 Å². The molecule has 0 bridgehead atoms. The van der Waals surface area contributed by atoms with Gasteiger partial charge in [-0.25, -0.2) is 0 Å². The van der Waals surface area contributed by atoms with Crippen molar-refractivity contribution in [3.63, 3.8) is 0 Å². The van der Waals surface area contributed by atoms with Crippen LogP contribution in [0.1, 0.15) is 17.0 Å². The molecule has 24 heavy (non-hydrogen) atoms. The Labute approximate surface area is 139 Å². The van der Waals surface area contributed by atoms with Crippen molar-refractivity contribution in [3.8, 4) is 29.0 Å². The van der Waals surface area contributed by atoms with Crippen LogP contribution in [0, 0.1) is 18.3 Å². The Bertz CT molecular complexity index is 879. The zero-order valence-corrected chi connectivity index (χ0v) is 13.3. The molecule has 3 rings (SSSR count). The highest BCUT2D eigenvalue weighted by molar-refractivity contribution is 5.53. The molecule has 0 atom stereocenters. The van der Waals surface area contributed by atoms with Crippen molar-refractivity contribution < 1.29 is 14.0 Å². The molecule has 0 aliphatic rings. The summed E-state index contributed by atoms with van der Waals surface area (Å²) in [6.45, 7) is 2.15. The van der Waals surface area contributed by atoms with E-state index in [4.69, 9.17) is 19.3 Å². The second-order valence-corrected chi connectivity index (χ2v) is 5.15. The molecular weight excluding hydrogens is 306 g/mol. The van der Waals surface area contributed by atoms with E-state index in [1.165, 1.54) is 7.11 Å². The van der Waals surface area contributed by atoms with Crippen LogP contribution in [-0.2, 0) is 6.61 Å². The first-order valence-electron chi connectivity index (χ1n) is 7.30. The van der Waals surface area contributed by atoms with Gasteiger partial charge in [-0.15, -0.1) is 0 Å². The fourth-order valence-corrected chi connectivity index (χ4v) is 2.12. The molecule has 6 heteroatoms. The molecule has 0 unspecified atom stereocenters. The van der Waals surface area contributed by atoms with Crippen molar-refractivity contribution in [2.75, 3.05) is 7.11 Å². The minimum absolute atomic E-state index is 0.137. The standard InChI is InChI=1S/C18H15N3O3/c1-12-3-6-14(7-4-12)18-20-17(21-24-18)11-23-15-8-5-13(10-19)9-16(15)22-2/h3-9H,11H2,1-2H3. The smallest absolute Gasteiger partial charge is 0.258 e. The van der Waals surface area contributed by atoms with E-state index < -0.39 is 0 Å². The number of methoxy groups -OCH3 is 1. The molecule has 0 aliphatic heterocycles. The van der Waals surface area contributed by atoms with E-state index in [0.29, 0.717) is 28.8 Å². The van der Waals surface area contributed by atoms with E-state index in [2.05, 4.69) is 16.2 Å². The molecule has 0 radical (unpaired) electrons. The number of aryl methyl sites for hydroxylation is 1. The van der Waals surface area contributed by atoms with E-state index in [0.717, 1.165) is 11.1 Å². The molecule has 2 aromatic carbocycles. The Kier molecular flexibility index (Phi) is 4.43. The summed E-state index contributed by atoms with van der Waals surface area (Å²) in [5.41, 5.74) is 2.52. The molecule has 0 saturated heterocycles. The number of hydrogen-bond acceptors (Lipinski definition) is 6. The van der Waals surface area contributed by atoms with Crippen LogP contribution in [0.5, 0.6) is 11.5 Å². The Balaban J connectivity index is 1.72. The Morgan fingerprint density at radius 2 is 1.92 bits per heavy atom. The van der Waals surface area contributed by atoms with Crippen LogP contribution in [0.25, 0.3) is 11.5 Å². The topological polar surface area (TPSA) is 81.2 Å². The number of nitrogens with zero attached hydrogens (tertiary/aromatic N) is 3. The van der Waals surface area contributed by atoms with E-state index in [-0.39, 0.29) is 6.61 Å². The summed E-state index contributed by atoms with van der Waals surface area (Å²) in [7, 11) is 1.52. The van der Waals surface area contributed by atoms with Gasteiger partial charge in [0.1, 0.15) is 0 Å². The van der Waals surface area contributed by atoms with Gasteiger partial charge in [-0.2, -0.15) is 10.2 Å². The third-order valence-electron chi connectivity index (χ3n) is 3.42. The van der Waals surface area contributed by atoms with E-state index in [1.807, 2.05) is 31.2 Å². The average molecular weight is 321 g/mol. The number of aromatic nitrogens is 2. The Hall–Kier alpha value is -3.33. The Morgan fingerprint density at radius 3 is 2.62 bits per heavy atom. The number of rotatable bonds is 5. The molecule has 0 spiro atoms. The van der Waals surface area contributed by atoms with Gasteiger partial charge in [0.25, 0.3) is 5.89 Å². The van der Waals surface area contributed by atoms with Gasteiger partial charge in [-0.1, -0.05) is 22.9 Å². The lowest BCUT2D eigenvalue weighted by atomic mass is 10.1. The maximum atomic E-state index is 8.91. The van der Waals surface area contributed by atoms with E-state index in [1.54, 1.807) is 18.2 Å². The first-order chi connectivity index (χ1) is 11.7. The highest BCUT2D eigenvalue weighted by Crippen LogP contribution is 2.28. The van der Waals surface area contributed by atoms with E-state index >= 15 is 0 Å². The quantitative estimate of drug-likeness (QED) is 0.715. The SMILES string of the molecule is COc1cc(C#N)ccc1OCc1noc(-c2ccc(C)cc2)n1. The first-order valence-corrected chi connectivity index (χ1v) is 7.30. The molecule has 0 saturated carbocycles. The summed E-state index contributed by atoms with van der Waals surface area (Å²) >= 11 is 0. The molecule has 6 nitrogen and oxygen atoms in total. The minimum Gasteiger partial charge on any atom is -0.493 e. The van der Waals surface area contributed by atoms with Crippen LogP contribution in [0.3, 0.4) is 0 Å². The molecule has 1 aromatic heterocycles. The first kappa shape index (κ1) is 15.6. The molecule has 1 heterocycles. The number of hydrogen-bond donors (Lipinski definition) is 0. The van der Waals surface area contributed by atoms with E-state index in [9.17, 15) is 0 Å². The lowest BCUT2D eigenvalue weighted by Gasteiger charge is -2.08. The summed E-state index contributed by atoms with van der Waals surface area (Å²) < 4.78 is 16.1. The zero-order valence-electron chi connectivity index (χ0n) is 13.3. The predicted octanol–water partition coefficient (Wildman–Crippen LogP) is 3.50. The van der Waals surface area contributed by atoms with Gasteiger partial charge in [0, 0.05) is 11.6 Å². The van der Waals surface area contributed by atoms with Crippen molar-refractivity contribution in [1.29, 1.82) is 5.26 Å². The molecule has 0 fully saturated rings. The monoisotopic (exact) mass is 321 g/mol. The van der Waals surface area contributed by atoms with Gasteiger partial charge >= 0.3 is 0 Å². The second kappa shape index (κ2) is 6.84. The molecule has 0 aliphatic carbocycles. The molecule has 3 aromatic rings. The van der Waals surface area contributed by atoms with Crippen LogP contribution in [0.15, 0.2) is 47.0 Å². The lowest BCUT2D eigenvalue weighted by Crippen LogP contribution is -1.99. The van der Waals surface area contributed by atoms with Crippen molar-refractivity contribution >= 4 is 0 Å². The van der Waals surface area contributed by atoms with Crippen LogP contribution < -0.4 is 9.47 Å². The van der Waals surface area contributed by atoms with Crippen LogP contribution in [-0.4, -0.2) is 17.3 Å². The van der Waals surface area contributed by atoms with Crippen molar-refractivity contribution in [2.24, 2.45) is 0 Å². The average Bonchev–Trinajstić information content (AvgIpc) is 3.09. The largest absolute Gasteiger partial charge is 0.493 e. The van der Waals surface area contributed by atoms with Gasteiger partial charge in [0.15, 0.2) is 18.1 Å².